The van der Waals surface area contributed by atoms with Crippen molar-refractivity contribution in [2.24, 2.45) is 5.14 Å². The van der Waals surface area contributed by atoms with Crippen LogP contribution in [0.4, 0.5) is 11.4 Å². The Hall–Kier alpha value is -2.06. The van der Waals surface area contributed by atoms with Gasteiger partial charge in [0.25, 0.3) is 0 Å². The summed E-state index contributed by atoms with van der Waals surface area (Å²) in [6, 6.07) is 3.09. The number of nitrogens with two attached hydrogens (primary N) is 2. The van der Waals surface area contributed by atoms with Gasteiger partial charge in [-0.05, 0) is 31.0 Å². The van der Waals surface area contributed by atoms with Crippen LogP contribution in [0.25, 0.3) is 0 Å². The van der Waals surface area contributed by atoms with Crippen LogP contribution >= 0.6 is 0 Å². The Kier molecular flexibility index (Phi) is 4.49. The number of primary sulfonamides is 1. The normalized spacial score (nSPS) is 11.5. The van der Waals surface area contributed by atoms with Crippen LogP contribution in [-0.4, -0.2) is 24.5 Å². The maximum Gasteiger partial charge on any atom is 0.238 e. The maximum atomic E-state index is 11.5. The number of aryl methyl sites for hydroxylation is 1. The quantitative estimate of drug-likeness (QED) is 0.542. The second-order valence-electron chi connectivity index (χ2n) is 4.82. The monoisotopic (exact) mass is 309 g/mol. The molecule has 1 aromatic heterocycles. The predicted octanol–water partition coefficient (Wildman–Crippen LogP) is 0.923. The van der Waals surface area contributed by atoms with Crippen LogP contribution in [0.3, 0.4) is 0 Å². The Balaban J connectivity index is 2.04. The molecule has 1 aromatic carbocycles. The zero-order chi connectivity index (χ0) is 15.5. The van der Waals surface area contributed by atoms with Gasteiger partial charge in [-0.1, -0.05) is 0 Å². The van der Waals surface area contributed by atoms with Gasteiger partial charge in [-0.15, -0.1) is 0 Å². The molecule has 0 bridgehead atoms. The molecule has 1 heterocycles. The molecule has 0 saturated heterocycles. The van der Waals surface area contributed by atoms with Crippen molar-refractivity contribution in [1.82, 2.24) is 9.55 Å². The summed E-state index contributed by atoms with van der Waals surface area (Å²) in [5, 5.41) is 8.39. The Morgan fingerprint density at radius 3 is 2.76 bits per heavy atom. The molecule has 21 heavy (non-hydrogen) atoms. The van der Waals surface area contributed by atoms with Crippen LogP contribution < -0.4 is 16.2 Å². The molecule has 0 radical (unpaired) electrons. The molecule has 0 spiro atoms. The molecule has 0 amide bonds. The summed E-state index contributed by atoms with van der Waals surface area (Å²) in [6.07, 6.45) is 6.25. The van der Waals surface area contributed by atoms with Gasteiger partial charge in [0.2, 0.25) is 10.0 Å². The average molecular weight is 309 g/mol. The van der Waals surface area contributed by atoms with Crippen molar-refractivity contribution >= 4 is 21.4 Å². The first kappa shape index (κ1) is 15.3. The van der Waals surface area contributed by atoms with E-state index in [1.807, 2.05) is 10.8 Å². The van der Waals surface area contributed by atoms with Gasteiger partial charge in [-0.25, -0.2) is 18.5 Å². The molecule has 7 nitrogen and oxygen atoms in total. The molecule has 5 N–H and O–H groups in total. The molecular weight excluding hydrogens is 290 g/mol. The van der Waals surface area contributed by atoms with Crippen LogP contribution in [0, 0.1) is 6.92 Å². The largest absolute Gasteiger partial charge is 0.399 e. The minimum absolute atomic E-state index is 0.0552. The van der Waals surface area contributed by atoms with Crippen molar-refractivity contribution in [3.8, 4) is 0 Å². The van der Waals surface area contributed by atoms with E-state index in [0.717, 1.165) is 13.0 Å². The summed E-state index contributed by atoms with van der Waals surface area (Å²) >= 11 is 0. The highest BCUT2D eigenvalue weighted by molar-refractivity contribution is 7.89. The molecule has 0 aliphatic carbocycles. The van der Waals surface area contributed by atoms with Gasteiger partial charge in [0.15, 0.2) is 0 Å². The number of nitrogens with one attached hydrogen (secondary N) is 1. The highest BCUT2D eigenvalue weighted by atomic mass is 32.2. The van der Waals surface area contributed by atoms with Crippen LogP contribution in [0.1, 0.15) is 12.0 Å². The first-order valence-corrected chi connectivity index (χ1v) is 8.05. The van der Waals surface area contributed by atoms with Crippen molar-refractivity contribution in [3.05, 3.63) is 36.4 Å². The van der Waals surface area contributed by atoms with Crippen molar-refractivity contribution in [2.75, 3.05) is 17.6 Å². The van der Waals surface area contributed by atoms with Crippen LogP contribution in [0.15, 0.2) is 35.7 Å². The number of nitrogen functional groups attached to an aromatic ring is 1. The zero-order valence-electron chi connectivity index (χ0n) is 11.8. The lowest BCUT2D eigenvalue weighted by atomic mass is 10.1. The predicted molar refractivity (Wildman–Crippen MR) is 82.3 cm³/mol. The van der Waals surface area contributed by atoms with Gasteiger partial charge in [-0.3, -0.25) is 0 Å². The first-order valence-electron chi connectivity index (χ1n) is 6.50. The second kappa shape index (κ2) is 6.15. The van der Waals surface area contributed by atoms with Crippen molar-refractivity contribution in [2.45, 2.75) is 24.8 Å². The maximum absolute atomic E-state index is 11.5. The molecule has 0 aliphatic rings. The Morgan fingerprint density at radius 1 is 1.38 bits per heavy atom. The third-order valence-corrected chi connectivity index (χ3v) is 4.19. The molecular formula is C13H19N5O2S. The number of sulfonamides is 1. The number of benzene rings is 1. The van der Waals surface area contributed by atoms with E-state index in [4.69, 9.17) is 10.9 Å². The van der Waals surface area contributed by atoms with Crippen LogP contribution in [0.2, 0.25) is 0 Å². The number of hydrogen-bond acceptors (Lipinski definition) is 5. The fraction of sp³-hybridized carbons (Fsp3) is 0.308. The summed E-state index contributed by atoms with van der Waals surface area (Å²) in [6.45, 7) is 3.22. The fourth-order valence-electron chi connectivity index (χ4n) is 2.09. The molecule has 114 valence electrons. The van der Waals surface area contributed by atoms with Crippen molar-refractivity contribution in [3.63, 3.8) is 0 Å². The van der Waals surface area contributed by atoms with Gasteiger partial charge in [0, 0.05) is 36.9 Å². The minimum atomic E-state index is -3.78. The van der Waals surface area contributed by atoms with Crippen LogP contribution in [-0.2, 0) is 16.6 Å². The summed E-state index contributed by atoms with van der Waals surface area (Å²) < 4.78 is 25.0. The second-order valence-corrected chi connectivity index (χ2v) is 6.35. The highest BCUT2D eigenvalue weighted by Crippen LogP contribution is 2.25. The van der Waals surface area contributed by atoms with E-state index in [2.05, 4.69) is 10.3 Å². The molecule has 2 aromatic rings. The van der Waals surface area contributed by atoms with E-state index >= 15 is 0 Å². The highest BCUT2D eigenvalue weighted by Gasteiger charge is 2.15. The SMILES string of the molecule is Cc1c(NCCCn2ccnc2)cc(N)cc1S(N)(=O)=O. The number of rotatable bonds is 6. The third kappa shape index (κ3) is 3.96. The third-order valence-electron chi connectivity index (χ3n) is 3.16. The molecule has 0 fully saturated rings. The first-order chi connectivity index (χ1) is 9.88. The van der Waals surface area contributed by atoms with Crippen molar-refractivity contribution < 1.29 is 8.42 Å². The minimum Gasteiger partial charge on any atom is -0.399 e. The average Bonchev–Trinajstić information content (AvgIpc) is 2.90. The van der Waals surface area contributed by atoms with E-state index in [0.29, 0.717) is 23.5 Å². The van der Waals surface area contributed by atoms with E-state index < -0.39 is 10.0 Å². The fourth-order valence-corrected chi connectivity index (χ4v) is 2.93. The van der Waals surface area contributed by atoms with E-state index in [-0.39, 0.29) is 4.90 Å². The number of hydrogen-bond donors (Lipinski definition) is 3. The molecule has 0 saturated carbocycles. The number of anilines is 2. The lowest BCUT2D eigenvalue weighted by molar-refractivity contribution is 0.597. The summed E-state index contributed by atoms with van der Waals surface area (Å²) in [5.41, 5.74) is 7.36. The van der Waals surface area contributed by atoms with Crippen molar-refractivity contribution in [1.29, 1.82) is 0 Å². The van der Waals surface area contributed by atoms with Gasteiger partial charge >= 0.3 is 0 Å². The van der Waals surface area contributed by atoms with Gasteiger partial charge in [-0.2, -0.15) is 0 Å². The standard InChI is InChI=1S/C13H19N5O2S/c1-10-12(7-11(14)8-13(10)21(15,19)20)17-3-2-5-18-6-4-16-9-18/h4,6-9,17H,2-3,5,14H2,1H3,(H2,15,19,20). The zero-order valence-corrected chi connectivity index (χ0v) is 12.6. The van der Waals surface area contributed by atoms with E-state index in [1.54, 1.807) is 25.5 Å². The molecule has 2 rings (SSSR count). The molecule has 0 atom stereocenters. The summed E-state index contributed by atoms with van der Waals surface area (Å²) in [5.74, 6) is 0. The molecule has 0 aliphatic heterocycles. The Labute approximate surface area is 124 Å². The smallest absolute Gasteiger partial charge is 0.238 e. The van der Waals surface area contributed by atoms with Gasteiger partial charge < -0.3 is 15.6 Å². The molecule has 8 heteroatoms. The van der Waals surface area contributed by atoms with Gasteiger partial charge in [0.05, 0.1) is 11.2 Å². The summed E-state index contributed by atoms with van der Waals surface area (Å²) in [4.78, 5) is 4.02. The summed E-state index contributed by atoms with van der Waals surface area (Å²) in [7, 11) is -3.78. The lowest BCUT2D eigenvalue weighted by Crippen LogP contribution is -2.16. The Morgan fingerprint density at radius 2 is 2.14 bits per heavy atom. The van der Waals surface area contributed by atoms with E-state index in [9.17, 15) is 8.42 Å². The van der Waals surface area contributed by atoms with Crippen LogP contribution in [0.5, 0.6) is 0 Å². The molecule has 0 unspecified atom stereocenters. The lowest BCUT2D eigenvalue weighted by Gasteiger charge is -2.13. The number of imidazole rings is 1. The topological polar surface area (TPSA) is 116 Å². The number of nitrogens with zero attached hydrogens (tertiary/aromatic N) is 2. The van der Waals surface area contributed by atoms with E-state index in [1.165, 1.54) is 6.07 Å². The van der Waals surface area contributed by atoms with Gasteiger partial charge in [0.1, 0.15) is 0 Å². The number of aromatic nitrogens is 2. The Bertz CT molecular complexity index is 710.